The fraction of sp³-hybridized carbons (Fsp3) is 0.250. The maximum absolute atomic E-state index is 11.7. The highest BCUT2D eigenvalue weighted by Crippen LogP contribution is 2.35. The van der Waals surface area contributed by atoms with Crippen LogP contribution >= 0.6 is 0 Å². The van der Waals surface area contributed by atoms with E-state index < -0.39 is 0 Å². The van der Waals surface area contributed by atoms with E-state index in [0.29, 0.717) is 5.82 Å². The number of hydrogen-bond acceptors (Lipinski definition) is 5. The van der Waals surface area contributed by atoms with Crippen LogP contribution in [0.25, 0.3) is 6.08 Å². The van der Waals surface area contributed by atoms with Crippen molar-refractivity contribution >= 4 is 11.9 Å². The summed E-state index contributed by atoms with van der Waals surface area (Å²) in [6.07, 6.45) is 1.73. The van der Waals surface area contributed by atoms with E-state index in [9.17, 15) is 9.90 Å². The molecule has 0 aliphatic rings. The zero-order valence-electron chi connectivity index (χ0n) is 15.9. The average molecular weight is 365 g/mol. The second-order valence-electron chi connectivity index (χ2n) is 6.47. The number of aryl methyl sites for hydroxylation is 2. The van der Waals surface area contributed by atoms with E-state index in [1.54, 1.807) is 31.3 Å². The fourth-order valence-electron chi connectivity index (χ4n) is 3.19. The van der Waals surface area contributed by atoms with Gasteiger partial charge in [0.15, 0.2) is 0 Å². The Bertz CT molecular complexity index is 1030. The second kappa shape index (κ2) is 7.11. The van der Waals surface area contributed by atoms with E-state index in [1.165, 1.54) is 10.7 Å². The summed E-state index contributed by atoms with van der Waals surface area (Å²) in [5, 5.41) is 18.6. The summed E-state index contributed by atoms with van der Waals surface area (Å²) in [4.78, 5) is 13.7. The van der Waals surface area contributed by atoms with Crippen molar-refractivity contribution in [1.29, 1.82) is 0 Å². The summed E-state index contributed by atoms with van der Waals surface area (Å²) in [7, 11) is 5.44. The molecular weight excluding hydrogens is 342 g/mol. The zero-order chi connectivity index (χ0) is 19.7. The van der Waals surface area contributed by atoms with Crippen molar-refractivity contribution in [2.45, 2.75) is 13.0 Å². The summed E-state index contributed by atoms with van der Waals surface area (Å²) < 4.78 is 3.13. The minimum atomic E-state index is -0.225. The molecule has 0 saturated carbocycles. The molecule has 140 valence electrons. The Kier molecular flexibility index (Phi) is 4.85. The molecule has 7 nitrogen and oxygen atoms in total. The van der Waals surface area contributed by atoms with Crippen LogP contribution in [-0.2, 0) is 14.1 Å². The average Bonchev–Trinajstić information content (AvgIpc) is 2.93. The topological polar surface area (TPSA) is 76.2 Å². The molecule has 0 amide bonds. The Balaban J connectivity index is 2.21. The van der Waals surface area contributed by atoms with Gasteiger partial charge in [0.1, 0.15) is 11.6 Å². The van der Waals surface area contributed by atoms with Gasteiger partial charge >= 0.3 is 0 Å². The van der Waals surface area contributed by atoms with Gasteiger partial charge in [0, 0.05) is 38.5 Å². The van der Waals surface area contributed by atoms with Crippen molar-refractivity contribution in [2.75, 3.05) is 11.9 Å². The van der Waals surface area contributed by atoms with Crippen molar-refractivity contribution in [1.82, 2.24) is 19.6 Å². The Morgan fingerprint density at radius 2 is 1.78 bits per heavy atom. The largest absolute Gasteiger partial charge is 0.508 e. The summed E-state index contributed by atoms with van der Waals surface area (Å²) in [6.45, 7) is 5.90. The molecule has 0 spiro atoms. The van der Waals surface area contributed by atoms with E-state index in [2.05, 4.69) is 16.8 Å². The summed E-state index contributed by atoms with van der Waals surface area (Å²) in [5.74, 6) is 0.848. The molecule has 0 radical (unpaired) electrons. The van der Waals surface area contributed by atoms with Gasteiger partial charge in [0.25, 0.3) is 5.56 Å². The molecule has 1 aromatic carbocycles. The molecule has 3 rings (SSSR count). The molecule has 0 bridgehead atoms. The number of phenols is 1. The Morgan fingerprint density at radius 1 is 1.11 bits per heavy atom. The lowest BCUT2D eigenvalue weighted by atomic mass is 9.95. The molecule has 0 fully saturated rings. The van der Waals surface area contributed by atoms with Crippen molar-refractivity contribution in [3.63, 3.8) is 0 Å². The number of rotatable bonds is 5. The van der Waals surface area contributed by atoms with Gasteiger partial charge in [0.05, 0.1) is 11.7 Å². The number of benzene rings is 1. The van der Waals surface area contributed by atoms with Gasteiger partial charge in [-0.15, -0.1) is 0 Å². The zero-order valence-corrected chi connectivity index (χ0v) is 15.9. The molecule has 0 aliphatic heterocycles. The number of anilines is 1. The summed E-state index contributed by atoms with van der Waals surface area (Å²) >= 11 is 0. The minimum Gasteiger partial charge on any atom is -0.508 e. The Labute approximate surface area is 157 Å². The van der Waals surface area contributed by atoms with Crippen molar-refractivity contribution < 1.29 is 5.11 Å². The number of aromatic nitrogens is 4. The third-order valence-corrected chi connectivity index (χ3v) is 4.78. The predicted octanol–water partition coefficient (Wildman–Crippen LogP) is 2.40. The normalized spacial score (nSPS) is 12.0. The molecule has 1 N–H and O–H groups in total. The minimum absolute atomic E-state index is 0.169. The molecule has 1 atom stereocenters. The smallest absolute Gasteiger partial charge is 0.266 e. The highest BCUT2D eigenvalue weighted by molar-refractivity contribution is 5.56. The number of nitrogens with zero attached hydrogens (tertiary/aromatic N) is 5. The first-order valence-corrected chi connectivity index (χ1v) is 8.55. The van der Waals surface area contributed by atoms with E-state index in [0.717, 1.165) is 22.5 Å². The van der Waals surface area contributed by atoms with Crippen LogP contribution in [0.1, 0.15) is 28.6 Å². The Morgan fingerprint density at radius 3 is 2.37 bits per heavy atom. The number of hydrogen-bond donors (Lipinski definition) is 1. The molecule has 27 heavy (non-hydrogen) atoms. The van der Waals surface area contributed by atoms with Crippen LogP contribution in [0, 0.1) is 6.92 Å². The van der Waals surface area contributed by atoms with Crippen LogP contribution < -0.4 is 10.5 Å². The van der Waals surface area contributed by atoms with Gasteiger partial charge in [-0.3, -0.25) is 9.48 Å². The van der Waals surface area contributed by atoms with Crippen LogP contribution in [0.3, 0.4) is 0 Å². The first kappa shape index (κ1) is 18.4. The maximum atomic E-state index is 11.7. The highest BCUT2D eigenvalue weighted by atomic mass is 16.3. The lowest BCUT2D eigenvalue weighted by Gasteiger charge is -2.30. The van der Waals surface area contributed by atoms with E-state index in [1.807, 2.05) is 42.7 Å². The van der Waals surface area contributed by atoms with E-state index in [-0.39, 0.29) is 17.4 Å². The first-order chi connectivity index (χ1) is 12.8. The lowest BCUT2D eigenvalue weighted by molar-refractivity contribution is 0.475. The monoisotopic (exact) mass is 365 g/mol. The molecule has 7 heteroatoms. The number of phenolic OH excluding ortho intramolecular Hbond substituents is 1. The molecule has 1 unspecified atom stereocenters. The van der Waals surface area contributed by atoms with Crippen molar-refractivity contribution in [3.8, 4) is 5.75 Å². The molecule has 0 aliphatic carbocycles. The van der Waals surface area contributed by atoms with Crippen molar-refractivity contribution in [3.05, 3.63) is 75.8 Å². The molecule has 3 aromatic rings. The third-order valence-electron chi connectivity index (χ3n) is 4.78. The predicted molar refractivity (Wildman–Crippen MR) is 106 cm³/mol. The van der Waals surface area contributed by atoms with Crippen LogP contribution in [0.15, 0.2) is 47.8 Å². The van der Waals surface area contributed by atoms with E-state index in [4.69, 9.17) is 0 Å². The molecule has 2 heterocycles. The van der Waals surface area contributed by atoms with Crippen LogP contribution in [0.4, 0.5) is 5.82 Å². The SMILES string of the molecule is C=Cc1nn(C)c(C)c1C(c1ccc(O)cc1)N(C)c1ccc(=O)n(C)n1. The standard InChI is InChI=1S/C20H23N5O2/c1-6-16-19(13(2)24(4)21-16)20(14-7-9-15(26)10-8-14)23(3)17-11-12-18(27)25(5)22-17/h6-12,20,26H,1H2,2-5H3. The van der Waals surface area contributed by atoms with E-state index >= 15 is 0 Å². The van der Waals surface area contributed by atoms with Gasteiger partial charge < -0.3 is 10.0 Å². The summed E-state index contributed by atoms with van der Waals surface area (Å²) in [6, 6.07) is 10.0. The maximum Gasteiger partial charge on any atom is 0.266 e. The second-order valence-corrected chi connectivity index (χ2v) is 6.47. The quantitative estimate of drug-likeness (QED) is 0.751. The third kappa shape index (κ3) is 3.36. The fourth-order valence-corrected chi connectivity index (χ4v) is 3.19. The molecule has 0 saturated heterocycles. The van der Waals surface area contributed by atoms with Gasteiger partial charge in [-0.1, -0.05) is 18.7 Å². The van der Waals surface area contributed by atoms with Gasteiger partial charge in [-0.25, -0.2) is 4.68 Å². The van der Waals surface area contributed by atoms with Gasteiger partial charge in [-0.05, 0) is 36.8 Å². The van der Waals surface area contributed by atoms with Crippen LogP contribution in [-0.4, -0.2) is 31.7 Å². The highest BCUT2D eigenvalue weighted by Gasteiger charge is 2.27. The lowest BCUT2D eigenvalue weighted by Crippen LogP contribution is -2.29. The van der Waals surface area contributed by atoms with Gasteiger partial charge in [-0.2, -0.15) is 10.2 Å². The molecular formula is C20H23N5O2. The summed E-state index contributed by atoms with van der Waals surface area (Å²) in [5.41, 5.74) is 3.57. The van der Waals surface area contributed by atoms with Crippen LogP contribution in [0.5, 0.6) is 5.75 Å². The molecule has 2 aromatic heterocycles. The van der Waals surface area contributed by atoms with Gasteiger partial charge in [0.2, 0.25) is 0 Å². The Hall–Kier alpha value is -3.35. The first-order valence-electron chi connectivity index (χ1n) is 8.55. The number of aromatic hydroxyl groups is 1. The van der Waals surface area contributed by atoms with Crippen molar-refractivity contribution in [2.24, 2.45) is 14.1 Å². The van der Waals surface area contributed by atoms with Crippen LogP contribution in [0.2, 0.25) is 0 Å².